The van der Waals surface area contributed by atoms with Gasteiger partial charge in [0.1, 0.15) is 11.9 Å². The molecular weight excluding hydrogens is 299 g/mol. The molecule has 1 amide bonds. The molecule has 0 bridgehead atoms. The molecule has 2 N–H and O–H groups in total. The molecule has 0 saturated carbocycles. The number of carbonyl (C=O) groups is 1. The number of amides is 1. The van der Waals surface area contributed by atoms with Crippen LogP contribution in [0.4, 0.5) is 4.39 Å². The molecule has 6 heteroatoms. The number of nitrogens with zero attached hydrogens (tertiary/aromatic N) is 1. The van der Waals surface area contributed by atoms with Crippen molar-refractivity contribution in [2.45, 2.75) is 31.9 Å². The van der Waals surface area contributed by atoms with Gasteiger partial charge in [-0.2, -0.15) is 0 Å². The zero-order chi connectivity index (χ0) is 16.7. The Kier molecular flexibility index (Phi) is 6.95. The van der Waals surface area contributed by atoms with Crippen LogP contribution in [-0.2, 0) is 9.53 Å². The fourth-order valence-electron chi connectivity index (χ4n) is 2.79. The molecule has 1 aromatic rings. The predicted octanol–water partition coefficient (Wildman–Crippen LogP) is 1.48. The number of ether oxygens (including phenoxy) is 1. The standard InChI is InChI=1S/C17H25FN2O3/c1-2-4-15(21)12-19-17(22)16(20-7-9-23-10-8-20)13-5-3-6-14(18)11-13/h3,5-6,11,15-16,21H,2,4,7-10,12H2,1H3,(H,19,22). The summed E-state index contributed by atoms with van der Waals surface area (Å²) in [5.74, 6) is -0.577. The van der Waals surface area contributed by atoms with Crippen LogP contribution in [0.15, 0.2) is 24.3 Å². The first-order valence-corrected chi connectivity index (χ1v) is 8.15. The van der Waals surface area contributed by atoms with Crippen LogP contribution >= 0.6 is 0 Å². The number of nitrogens with one attached hydrogen (secondary N) is 1. The van der Waals surface area contributed by atoms with Crippen LogP contribution in [-0.4, -0.2) is 54.9 Å². The van der Waals surface area contributed by atoms with Crippen LogP contribution in [0.5, 0.6) is 0 Å². The van der Waals surface area contributed by atoms with Crippen molar-refractivity contribution in [2.75, 3.05) is 32.8 Å². The number of rotatable bonds is 7. The van der Waals surface area contributed by atoms with E-state index in [0.717, 1.165) is 6.42 Å². The van der Waals surface area contributed by atoms with Gasteiger partial charge in [-0.05, 0) is 24.1 Å². The van der Waals surface area contributed by atoms with E-state index in [9.17, 15) is 14.3 Å². The second-order valence-corrected chi connectivity index (χ2v) is 5.79. The zero-order valence-corrected chi connectivity index (χ0v) is 13.5. The van der Waals surface area contributed by atoms with Crippen molar-refractivity contribution in [1.29, 1.82) is 0 Å². The molecule has 1 saturated heterocycles. The van der Waals surface area contributed by atoms with E-state index in [0.29, 0.717) is 38.3 Å². The van der Waals surface area contributed by atoms with E-state index in [-0.39, 0.29) is 18.3 Å². The van der Waals surface area contributed by atoms with E-state index in [1.165, 1.54) is 12.1 Å². The van der Waals surface area contributed by atoms with Crippen LogP contribution in [0.25, 0.3) is 0 Å². The first-order valence-electron chi connectivity index (χ1n) is 8.15. The molecule has 0 radical (unpaired) electrons. The van der Waals surface area contributed by atoms with Crippen LogP contribution in [0.1, 0.15) is 31.4 Å². The quantitative estimate of drug-likeness (QED) is 0.797. The van der Waals surface area contributed by atoms with Gasteiger partial charge in [0.15, 0.2) is 0 Å². The molecule has 1 aromatic carbocycles. The van der Waals surface area contributed by atoms with Gasteiger partial charge in [-0.3, -0.25) is 9.69 Å². The first kappa shape index (κ1) is 17.8. The van der Waals surface area contributed by atoms with Gasteiger partial charge >= 0.3 is 0 Å². The number of morpholine rings is 1. The van der Waals surface area contributed by atoms with Crippen LogP contribution < -0.4 is 5.32 Å². The largest absolute Gasteiger partial charge is 0.391 e. The van der Waals surface area contributed by atoms with E-state index in [1.54, 1.807) is 12.1 Å². The number of halogens is 1. The van der Waals surface area contributed by atoms with Crippen molar-refractivity contribution < 1.29 is 19.0 Å². The van der Waals surface area contributed by atoms with Gasteiger partial charge in [0.05, 0.1) is 19.3 Å². The molecule has 2 unspecified atom stereocenters. The molecule has 0 aromatic heterocycles. The van der Waals surface area contributed by atoms with Gasteiger partial charge < -0.3 is 15.2 Å². The first-order chi connectivity index (χ1) is 11.1. The van der Waals surface area contributed by atoms with E-state index in [1.807, 2.05) is 11.8 Å². The summed E-state index contributed by atoms with van der Waals surface area (Å²) in [7, 11) is 0. The number of hydrogen-bond donors (Lipinski definition) is 2. The number of benzene rings is 1. The van der Waals surface area contributed by atoms with Gasteiger partial charge in [0.2, 0.25) is 5.91 Å². The highest BCUT2D eigenvalue weighted by molar-refractivity contribution is 5.83. The third kappa shape index (κ3) is 5.27. The molecule has 2 atom stereocenters. The third-order valence-electron chi connectivity index (χ3n) is 3.96. The van der Waals surface area contributed by atoms with Crippen LogP contribution in [0, 0.1) is 5.82 Å². The highest BCUT2D eigenvalue weighted by atomic mass is 19.1. The van der Waals surface area contributed by atoms with Gasteiger partial charge in [-0.1, -0.05) is 25.5 Å². The van der Waals surface area contributed by atoms with Crippen LogP contribution in [0.3, 0.4) is 0 Å². The molecule has 128 valence electrons. The topological polar surface area (TPSA) is 61.8 Å². The SMILES string of the molecule is CCCC(O)CNC(=O)C(c1cccc(F)c1)N1CCOCC1. The maximum atomic E-state index is 13.6. The molecule has 2 rings (SSSR count). The number of hydrogen-bond acceptors (Lipinski definition) is 4. The number of carbonyl (C=O) groups excluding carboxylic acids is 1. The Hall–Kier alpha value is -1.50. The lowest BCUT2D eigenvalue weighted by Crippen LogP contribution is -2.47. The summed E-state index contributed by atoms with van der Waals surface area (Å²) in [5, 5.41) is 12.6. The molecule has 1 fully saturated rings. The Bertz CT molecular complexity index is 506. The number of aliphatic hydroxyl groups excluding tert-OH is 1. The summed E-state index contributed by atoms with van der Waals surface area (Å²) in [4.78, 5) is 14.6. The predicted molar refractivity (Wildman–Crippen MR) is 85.5 cm³/mol. The minimum Gasteiger partial charge on any atom is -0.391 e. The summed E-state index contributed by atoms with van der Waals surface area (Å²) in [6, 6.07) is 5.55. The molecule has 1 aliphatic heterocycles. The molecule has 0 aliphatic carbocycles. The second kappa shape index (κ2) is 8.96. The maximum absolute atomic E-state index is 13.6. The van der Waals surface area contributed by atoms with Gasteiger partial charge in [0.25, 0.3) is 0 Å². The summed E-state index contributed by atoms with van der Waals surface area (Å²) in [6.07, 6.45) is 0.942. The fraction of sp³-hybridized carbons (Fsp3) is 0.588. The average molecular weight is 324 g/mol. The molecule has 5 nitrogen and oxygen atoms in total. The Morgan fingerprint density at radius 3 is 2.83 bits per heavy atom. The van der Waals surface area contributed by atoms with Crippen molar-refractivity contribution in [1.82, 2.24) is 10.2 Å². The monoisotopic (exact) mass is 324 g/mol. The van der Waals surface area contributed by atoms with E-state index in [2.05, 4.69) is 5.32 Å². The lowest BCUT2D eigenvalue weighted by atomic mass is 10.0. The maximum Gasteiger partial charge on any atom is 0.242 e. The summed E-state index contributed by atoms with van der Waals surface area (Å²) >= 11 is 0. The molecule has 1 heterocycles. The summed E-state index contributed by atoms with van der Waals surface area (Å²) in [6.45, 7) is 4.53. The Balaban J connectivity index is 2.10. The number of aliphatic hydroxyl groups is 1. The molecular formula is C17H25FN2O3. The summed E-state index contributed by atoms with van der Waals surface area (Å²) < 4.78 is 18.9. The minimum atomic E-state index is -0.566. The van der Waals surface area contributed by atoms with E-state index >= 15 is 0 Å². The van der Waals surface area contributed by atoms with Gasteiger partial charge in [-0.15, -0.1) is 0 Å². The zero-order valence-electron chi connectivity index (χ0n) is 13.5. The molecule has 0 spiro atoms. The van der Waals surface area contributed by atoms with Crippen LogP contribution in [0.2, 0.25) is 0 Å². The van der Waals surface area contributed by atoms with Crippen molar-refractivity contribution in [3.05, 3.63) is 35.6 Å². The fourth-order valence-corrected chi connectivity index (χ4v) is 2.79. The Morgan fingerprint density at radius 2 is 2.17 bits per heavy atom. The van der Waals surface area contributed by atoms with Gasteiger partial charge in [-0.25, -0.2) is 4.39 Å². The highest BCUT2D eigenvalue weighted by Crippen LogP contribution is 2.23. The van der Waals surface area contributed by atoms with E-state index < -0.39 is 12.1 Å². The lowest BCUT2D eigenvalue weighted by molar-refractivity contribution is -0.129. The normalized spacial score (nSPS) is 18.4. The third-order valence-corrected chi connectivity index (χ3v) is 3.96. The second-order valence-electron chi connectivity index (χ2n) is 5.79. The Morgan fingerprint density at radius 1 is 1.43 bits per heavy atom. The van der Waals surface area contributed by atoms with E-state index in [4.69, 9.17) is 4.74 Å². The molecule has 23 heavy (non-hydrogen) atoms. The van der Waals surface area contributed by atoms with Gasteiger partial charge in [0, 0.05) is 19.6 Å². The minimum absolute atomic E-state index is 0.211. The lowest BCUT2D eigenvalue weighted by Gasteiger charge is -2.34. The average Bonchev–Trinajstić information content (AvgIpc) is 2.55. The smallest absolute Gasteiger partial charge is 0.242 e. The summed E-state index contributed by atoms with van der Waals surface area (Å²) in [5.41, 5.74) is 0.620. The highest BCUT2D eigenvalue weighted by Gasteiger charge is 2.29. The van der Waals surface area contributed by atoms with Crippen molar-refractivity contribution >= 4 is 5.91 Å². The van der Waals surface area contributed by atoms with Crippen molar-refractivity contribution in [2.24, 2.45) is 0 Å². The molecule has 1 aliphatic rings. The Labute approximate surface area is 136 Å². The van der Waals surface area contributed by atoms with Crippen molar-refractivity contribution in [3.8, 4) is 0 Å². The van der Waals surface area contributed by atoms with Crippen molar-refractivity contribution in [3.63, 3.8) is 0 Å².